The Bertz CT molecular complexity index is 940. The third-order valence-corrected chi connectivity index (χ3v) is 4.66. The molecule has 0 unspecified atom stereocenters. The molecular formula is C18H21N5O3. The Morgan fingerprint density at radius 1 is 1.38 bits per heavy atom. The molecule has 0 bridgehead atoms. The third kappa shape index (κ3) is 3.03. The molecule has 4 rings (SSSR count). The quantitative estimate of drug-likeness (QED) is 0.746. The number of ether oxygens (including phenoxy) is 1. The van der Waals surface area contributed by atoms with Crippen LogP contribution in [0.15, 0.2) is 28.7 Å². The summed E-state index contributed by atoms with van der Waals surface area (Å²) in [4.78, 5) is 17.1. The average molecular weight is 355 g/mol. The second-order valence-corrected chi connectivity index (χ2v) is 6.38. The number of amides is 1. The van der Waals surface area contributed by atoms with E-state index in [0.717, 1.165) is 37.1 Å². The van der Waals surface area contributed by atoms with Gasteiger partial charge >= 0.3 is 0 Å². The van der Waals surface area contributed by atoms with E-state index in [1.165, 1.54) is 0 Å². The Morgan fingerprint density at radius 2 is 2.19 bits per heavy atom. The first-order valence-corrected chi connectivity index (χ1v) is 8.65. The number of carbonyl (C=O) groups excluding carboxylic acids is 1. The maximum absolute atomic E-state index is 12.6. The summed E-state index contributed by atoms with van der Waals surface area (Å²) in [5.74, 6) is 1.94. The van der Waals surface area contributed by atoms with Gasteiger partial charge in [-0.25, -0.2) is 4.68 Å². The highest BCUT2D eigenvalue weighted by atomic mass is 16.5. The molecule has 136 valence electrons. The van der Waals surface area contributed by atoms with Gasteiger partial charge in [0.25, 0.3) is 5.91 Å². The fourth-order valence-electron chi connectivity index (χ4n) is 3.24. The molecule has 3 heterocycles. The lowest BCUT2D eigenvalue weighted by Gasteiger charge is -2.19. The minimum Gasteiger partial charge on any atom is -0.493 e. The van der Waals surface area contributed by atoms with Crippen LogP contribution in [0.5, 0.6) is 5.75 Å². The zero-order chi connectivity index (χ0) is 18.1. The number of para-hydroxylation sites is 1. The van der Waals surface area contributed by atoms with Gasteiger partial charge in [0.15, 0.2) is 22.9 Å². The summed E-state index contributed by atoms with van der Waals surface area (Å²) in [6.45, 7) is 1.93. The molecule has 1 aliphatic heterocycles. The average Bonchev–Trinajstić information content (AvgIpc) is 3.26. The van der Waals surface area contributed by atoms with Gasteiger partial charge < -0.3 is 14.5 Å². The molecule has 8 nitrogen and oxygen atoms in total. The van der Waals surface area contributed by atoms with Crippen LogP contribution in [-0.4, -0.2) is 40.9 Å². The van der Waals surface area contributed by atoms with Crippen molar-refractivity contribution in [1.29, 1.82) is 0 Å². The molecular weight excluding hydrogens is 334 g/mol. The first kappa shape index (κ1) is 16.6. The number of carbonyl (C=O) groups is 1. The van der Waals surface area contributed by atoms with Crippen LogP contribution in [0.1, 0.15) is 35.1 Å². The van der Waals surface area contributed by atoms with Crippen molar-refractivity contribution in [3.8, 4) is 5.75 Å². The van der Waals surface area contributed by atoms with Crippen LogP contribution in [0, 0.1) is 0 Å². The number of furan rings is 1. The molecule has 1 saturated heterocycles. The van der Waals surface area contributed by atoms with E-state index < -0.39 is 0 Å². The highest BCUT2D eigenvalue weighted by molar-refractivity contribution is 6.04. The molecule has 1 fully saturated rings. The van der Waals surface area contributed by atoms with Crippen molar-refractivity contribution < 1.29 is 13.9 Å². The van der Waals surface area contributed by atoms with Crippen LogP contribution in [0.25, 0.3) is 11.0 Å². The highest BCUT2D eigenvalue weighted by Gasteiger charge is 2.22. The lowest BCUT2D eigenvalue weighted by Crippen LogP contribution is -2.27. The first-order chi connectivity index (χ1) is 12.7. The van der Waals surface area contributed by atoms with Gasteiger partial charge in [-0.3, -0.25) is 10.1 Å². The molecule has 1 aromatic carbocycles. The summed E-state index contributed by atoms with van der Waals surface area (Å²) < 4.78 is 12.6. The monoisotopic (exact) mass is 355 g/mol. The van der Waals surface area contributed by atoms with E-state index in [1.54, 1.807) is 31.0 Å². The number of piperidine rings is 1. The molecule has 3 aromatic rings. The summed E-state index contributed by atoms with van der Waals surface area (Å²) in [5, 5.41) is 11.4. The van der Waals surface area contributed by atoms with Crippen LogP contribution in [0.2, 0.25) is 0 Å². The summed E-state index contributed by atoms with van der Waals surface area (Å²) in [6, 6.07) is 7.21. The number of nitrogens with zero attached hydrogens (tertiary/aromatic N) is 3. The molecule has 0 spiro atoms. The number of methoxy groups -OCH3 is 1. The van der Waals surface area contributed by atoms with Crippen molar-refractivity contribution >= 4 is 22.8 Å². The number of anilines is 1. The van der Waals surface area contributed by atoms with E-state index in [-0.39, 0.29) is 11.7 Å². The minimum absolute atomic E-state index is 0.205. The minimum atomic E-state index is -0.365. The first-order valence-electron chi connectivity index (χ1n) is 8.65. The summed E-state index contributed by atoms with van der Waals surface area (Å²) in [5.41, 5.74) is 0.550. The van der Waals surface area contributed by atoms with E-state index in [2.05, 4.69) is 20.7 Å². The Labute approximate surface area is 150 Å². The maximum atomic E-state index is 12.6. The topological polar surface area (TPSA) is 94.2 Å². The van der Waals surface area contributed by atoms with Crippen molar-refractivity contribution in [3.63, 3.8) is 0 Å². The van der Waals surface area contributed by atoms with Crippen molar-refractivity contribution in [2.75, 3.05) is 25.5 Å². The number of hydrogen-bond acceptors (Lipinski definition) is 6. The highest BCUT2D eigenvalue weighted by Crippen LogP contribution is 2.29. The van der Waals surface area contributed by atoms with Gasteiger partial charge in [-0.05, 0) is 38.1 Å². The van der Waals surface area contributed by atoms with Crippen LogP contribution in [-0.2, 0) is 7.05 Å². The Hall–Kier alpha value is -2.87. The fraction of sp³-hybridized carbons (Fsp3) is 0.389. The number of nitrogens with one attached hydrogen (secondary N) is 2. The zero-order valence-corrected chi connectivity index (χ0v) is 14.8. The largest absolute Gasteiger partial charge is 0.493 e. The molecule has 0 aliphatic carbocycles. The van der Waals surface area contributed by atoms with E-state index in [9.17, 15) is 4.79 Å². The van der Waals surface area contributed by atoms with E-state index in [4.69, 9.17) is 9.15 Å². The maximum Gasteiger partial charge on any atom is 0.293 e. The summed E-state index contributed by atoms with van der Waals surface area (Å²) >= 11 is 0. The standard InChI is InChI=1S/C18H21N5O3/c1-23-18(20-16(22-23)11-6-8-19-9-7-11)21-17(24)14-10-12-4-3-5-13(25-2)15(12)26-14/h3-5,10-11,19H,6-9H2,1-2H3,(H,20,21,22,24). The van der Waals surface area contributed by atoms with Crippen LogP contribution < -0.4 is 15.4 Å². The van der Waals surface area contributed by atoms with Gasteiger partial charge in [-0.15, -0.1) is 0 Å². The third-order valence-electron chi connectivity index (χ3n) is 4.66. The predicted molar refractivity (Wildman–Crippen MR) is 96.6 cm³/mol. The van der Waals surface area contributed by atoms with Gasteiger partial charge in [0, 0.05) is 18.4 Å². The lowest BCUT2D eigenvalue weighted by atomic mass is 9.98. The van der Waals surface area contributed by atoms with E-state index >= 15 is 0 Å². The van der Waals surface area contributed by atoms with Crippen LogP contribution in [0.4, 0.5) is 5.95 Å². The molecule has 1 aliphatic rings. The summed E-state index contributed by atoms with van der Waals surface area (Å²) in [7, 11) is 3.34. The van der Waals surface area contributed by atoms with Crippen LogP contribution in [0.3, 0.4) is 0 Å². The Balaban J connectivity index is 1.55. The second-order valence-electron chi connectivity index (χ2n) is 6.38. The fourth-order valence-corrected chi connectivity index (χ4v) is 3.24. The van der Waals surface area contributed by atoms with Gasteiger partial charge in [-0.2, -0.15) is 10.1 Å². The molecule has 2 N–H and O–H groups in total. The Kier molecular flexibility index (Phi) is 4.34. The van der Waals surface area contributed by atoms with Crippen molar-refractivity contribution in [2.45, 2.75) is 18.8 Å². The van der Waals surface area contributed by atoms with Crippen LogP contribution >= 0.6 is 0 Å². The number of aryl methyl sites for hydroxylation is 1. The predicted octanol–water partition coefficient (Wildman–Crippen LogP) is 2.29. The smallest absolute Gasteiger partial charge is 0.293 e. The second kappa shape index (κ2) is 6.80. The van der Waals surface area contributed by atoms with Gasteiger partial charge in [0.05, 0.1) is 7.11 Å². The number of fused-ring (bicyclic) bond motifs is 1. The number of benzene rings is 1. The SMILES string of the molecule is COc1cccc2cc(C(=O)Nc3nc(C4CCNCC4)nn3C)oc12. The zero-order valence-electron chi connectivity index (χ0n) is 14.8. The van der Waals surface area contributed by atoms with E-state index in [0.29, 0.717) is 23.2 Å². The van der Waals surface area contributed by atoms with Gasteiger partial charge in [0.2, 0.25) is 5.95 Å². The van der Waals surface area contributed by atoms with Gasteiger partial charge in [0.1, 0.15) is 0 Å². The van der Waals surface area contributed by atoms with Crippen molar-refractivity contribution in [1.82, 2.24) is 20.1 Å². The molecule has 2 aromatic heterocycles. The number of rotatable bonds is 4. The molecule has 26 heavy (non-hydrogen) atoms. The number of hydrogen-bond donors (Lipinski definition) is 2. The molecule has 0 saturated carbocycles. The molecule has 8 heteroatoms. The van der Waals surface area contributed by atoms with Gasteiger partial charge in [-0.1, -0.05) is 12.1 Å². The van der Waals surface area contributed by atoms with E-state index in [1.807, 2.05) is 12.1 Å². The number of aromatic nitrogens is 3. The normalized spacial score (nSPS) is 15.3. The van der Waals surface area contributed by atoms with Crippen molar-refractivity contribution in [2.24, 2.45) is 7.05 Å². The Morgan fingerprint density at radius 3 is 2.96 bits per heavy atom. The lowest BCUT2D eigenvalue weighted by molar-refractivity contribution is 0.0997. The molecule has 0 radical (unpaired) electrons. The molecule has 1 amide bonds. The summed E-state index contributed by atoms with van der Waals surface area (Å²) in [6.07, 6.45) is 2.00. The van der Waals surface area contributed by atoms with Crippen molar-refractivity contribution in [3.05, 3.63) is 35.9 Å². The molecule has 0 atom stereocenters.